The number of hydrogen-bond acceptors (Lipinski definition) is 5. The van der Waals surface area contributed by atoms with Gasteiger partial charge in [0.1, 0.15) is 0 Å². The van der Waals surface area contributed by atoms with Crippen molar-refractivity contribution in [3.63, 3.8) is 0 Å². The minimum Gasteiger partial charge on any atom is -0.478 e. The van der Waals surface area contributed by atoms with Crippen LogP contribution < -0.4 is 5.32 Å². The molecule has 210 valence electrons. The van der Waals surface area contributed by atoms with Crippen molar-refractivity contribution in [3.8, 4) is 11.1 Å². The Morgan fingerprint density at radius 3 is 2.35 bits per heavy atom. The molecular formula is C32H36N2O5S. The van der Waals surface area contributed by atoms with E-state index in [4.69, 9.17) is 0 Å². The lowest BCUT2D eigenvalue weighted by molar-refractivity contribution is 0.0696. The molecule has 3 N–H and O–H groups in total. The molecule has 4 aromatic carbocycles. The summed E-state index contributed by atoms with van der Waals surface area (Å²) in [6, 6.07) is 26.0. The van der Waals surface area contributed by atoms with E-state index in [-0.39, 0.29) is 29.1 Å². The van der Waals surface area contributed by atoms with Crippen LogP contribution in [0.1, 0.15) is 35.3 Å². The van der Waals surface area contributed by atoms with Crippen LogP contribution in [0.5, 0.6) is 0 Å². The van der Waals surface area contributed by atoms with E-state index in [0.717, 1.165) is 10.7 Å². The monoisotopic (exact) mass is 560 g/mol. The highest BCUT2D eigenvalue weighted by molar-refractivity contribution is 7.89. The zero-order valence-corrected chi connectivity index (χ0v) is 24.1. The highest BCUT2D eigenvalue weighted by atomic mass is 32.2. The van der Waals surface area contributed by atoms with E-state index in [1.54, 1.807) is 37.3 Å². The van der Waals surface area contributed by atoms with Gasteiger partial charge in [0.2, 0.25) is 10.0 Å². The fraction of sp³-hybridized carbons (Fsp3) is 0.281. The predicted molar refractivity (Wildman–Crippen MR) is 159 cm³/mol. The molecule has 0 aromatic heterocycles. The molecule has 0 aliphatic heterocycles. The number of carboxylic acid groups (broad SMARTS) is 1. The number of aliphatic hydroxyl groups excluding tert-OH is 1. The van der Waals surface area contributed by atoms with Gasteiger partial charge in [0.15, 0.2) is 0 Å². The van der Waals surface area contributed by atoms with Crippen LogP contribution in [0.4, 0.5) is 0 Å². The van der Waals surface area contributed by atoms with Gasteiger partial charge in [-0.05, 0) is 78.4 Å². The van der Waals surface area contributed by atoms with Gasteiger partial charge in [0.05, 0.1) is 16.6 Å². The molecular weight excluding hydrogens is 524 g/mol. The maximum Gasteiger partial charge on any atom is 0.335 e. The number of aryl methyl sites for hydroxylation is 1. The van der Waals surface area contributed by atoms with Crippen LogP contribution in [0.2, 0.25) is 0 Å². The Morgan fingerprint density at radius 1 is 0.925 bits per heavy atom. The number of aliphatic hydroxyl groups is 1. The Hall–Kier alpha value is -3.56. The number of carboxylic acids is 1. The van der Waals surface area contributed by atoms with E-state index >= 15 is 0 Å². The Labute approximate surface area is 236 Å². The minimum absolute atomic E-state index is 0.0711. The molecule has 4 rings (SSSR count). The number of sulfonamides is 1. The Bertz CT molecular complexity index is 1630. The van der Waals surface area contributed by atoms with Crippen molar-refractivity contribution in [1.82, 2.24) is 9.62 Å². The molecule has 0 heterocycles. The molecule has 0 spiro atoms. The summed E-state index contributed by atoms with van der Waals surface area (Å²) in [6.07, 6.45) is -0.178. The van der Waals surface area contributed by atoms with Crippen LogP contribution >= 0.6 is 0 Å². The predicted octanol–water partition coefficient (Wildman–Crippen LogP) is 5.11. The molecule has 0 radical (unpaired) electrons. The molecule has 0 amide bonds. The first-order chi connectivity index (χ1) is 18.9. The van der Waals surface area contributed by atoms with Gasteiger partial charge in [0, 0.05) is 25.7 Å². The highest BCUT2D eigenvalue weighted by Gasteiger charge is 2.25. The lowest BCUT2D eigenvalue weighted by atomic mass is 9.93. The van der Waals surface area contributed by atoms with Crippen LogP contribution in [-0.2, 0) is 16.4 Å². The normalized spacial score (nSPS) is 13.1. The van der Waals surface area contributed by atoms with Gasteiger partial charge in [0.25, 0.3) is 0 Å². The maximum absolute atomic E-state index is 13.3. The van der Waals surface area contributed by atoms with Crippen molar-refractivity contribution >= 4 is 26.8 Å². The number of likely N-dealkylation sites (N-methyl/N-ethyl adjacent to an activating group) is 1. The Kier molecular flexibility index (Phi) is 8.75. The van der Waals surface area contributed by atoms with Crippen molar-refractivity contribution < 1.29 is 23.4 Å². The van der Waals surface area contributed by atoms with E-state index in [1.165, 1.54) is 35.5 Å². The van der Waals surface area contributed by atoms with Crippen molar-refractivity contribution in [1.29, 1.82) is 0 Å². The van der Waals surface area contributed by atoms with Crippen LogP contribution in [0.25, 0.3) is 21.9 Å². The molecule has 40 heavy (non-hydrogen) atoms. The first kappa shape index (κ1) is 29.4. The van der Waals surface area contributed by atoms with Crippen molar-refractivity contribution in [2.24, 2.45) is 0 Å². The number of carbonyl (C=O) groups is 1. The standard InChI is InChI=1S/C32H36N2O5S/c1-22-12-14-27(18-30(22)31(36)37)26-10-7-11-29(17-26)40(38,39)34(4)21-28(35)20-33-32(2,3)19-23-13-15-24-8-5-6-9-25(24)16-23/h5-18,28,33,35H,19-21H2,1-4H3,(H,36,37)/t28-/m1/s1. The number of nitrogens with zero attached hydrogens (tertiary/aromatic N) is 1. The van der Waals surface area contributed by atoms with Crippen LogP contribution in [0.3, 0.4) is 0 Å². The van der Waals surface area contributed by atoms with E-state index in [0.29, 0.717) is 16.7 Å². The van der Waals surface area contributed by atoms with Crippen molar-refractivity contribution in [2.75, 3.05) is 20.1 Å². The van der Waals surface area contributed by atoms with Crippen LogP contribution in [0, 0.1) is 6.92 Å². The molecule has 1 atom stereocenters. The number of β-amino-alcohol motifs (C(OH)–C–C–N with tert-alkyl or cyclic N) is 1. The summed E-state index contributed by atoms with van der Waals surface area (Å²) in [5.41, 5.74) is 2.85. The average molecular weight is 561 g/mol. The first-order valence-corrected chi connectivity index (χ1v) is 14.6. The largest absolute Gasteiger partial charge is 0.478 e. The first-order valence-electron chi connectivity index (χ1n) is 13.2. The molecule has 8 heteroatoms. The lowest BCUT2D eigenvalue weighted by Gasteiger charge is -2.29. The minimum atomic E-state index is -3.89. The van der Waals surface area contributed by atoms with Gasteiger partial charge in [-0.2, -0.15) is 4.31 Å². The van der Waals surface area contributed by atoms with Gasteiger partial charge in [-0.1, -0.05) is 66.7 Å². The third-order valence-electron chi connectivity index (χ3n) is 7.09. The third-order valence-corrected chi connectivity index (χ3v) is 8.91. The lowest BCUT2D eigenvalue weighted by Crippen LogP contribution is -2.47. The van der Waals surface area contributed by atoms with Gasteiger partial charge in [-0.15, -0.1) is 0 Å². The summed E-state index contributed by atoms with van der Waals surface area (Å²) in [4.78, 5) is 11.6. The molecule has 0 fully saturated rings. The summed E-state index contributed by atoms with van der Waals surface area (Å²) in [6.45, 7) is 5.97. The number of fused-ring (bicyclic) bond motifs is 1. The van der Waals surface area contributed by atoms with Crippen LogP contribution in [-0.4, -0.2) is 60.7 Å². The second-order valence-electron chi connectivity index (χ2n) is 10.9. The van der Waals surface area contributed by atoms with Gasteiger partial charge in [-0.25, -0.2) is 13.2 Å². The molecule has 0 aliphatic carbocycles. The number of benzene rings is 4. The number of rotatable bonds is 11. The average Bonchev–Trinajstić information content (AvgIpc) is 2.92. The maximum atomic E-state index is 13.3. The van der Waals surface area contributed by atoms with E-state index in [9.17, 15) is 23.4 Å². The summed E-state index contributed by atoms with van der Waals surface area (Å²) in [7, 11) is -2.45. The van der Waals surface area contributed by atoms with Crippen molar-refractivity contribution in [3.05, 3.63) is 102 Å². The number of nitrogens with one attached hydrogen (secondary N) is 1. The van der Waals surface area contributed by atoms with Gasteiger partial charge >= 0.3 is 5.97 Å². The van der Waals surface area contributed by atoms with Gasteiger partial charge < -0.3 is 15.5 Å². The molecule has 0 bridgehead atoms. The fourth-order valence-corrected chi connectivity index (χ4v) is 6.08. The van der Waals surface area contributed by atoms with Crippen molar-refractivity contribution in [2.45, 2.75) is 43.7 Å². The quantitative estimate of drug-likeness (QED) is 0.236. The third kappa shape index (κ3) is 6.95. The number of hydrogen-bond donors (Lipinski definition) is 3. The van der Waals surface area contributed by atoms with Gasteiger partial charge in [-0.3, -0.25) is 0 Å². The zero-order valence-electron chi connectivity index (χ0n) is 23.3. The fourth-order valence-electron chi connectivity index (χ4n) is 4.82. The summed E-state index contributed by atoms with van der Waals surface area (Å²) >= 11 is 0. The second kappa shape index (κ2) is 11.9. The number of aromatic carboxylic acids is 1. The van der Waals surface area contributed by atoms with E-state index < -0.39 is 22.1 Å². The second-order valence-corrected chi connectivity index (χ2v) is 13.0. The van der Waals surface area contributed by atoms with E-state index in [2.05, 4.69) is 49.5 Å². The zero-order chi connectivity index (χ0) is 29.1. The molecule has 0 aliphatic rings. The Morgan fingerprint density at radius 2 is 1.62 bits per heavy atom. The Balaban J connectivity index is 1.40. The SMILES string of the molecule is Cc1ccc(-c2cccc(S(=O)(=O)N(C)C[C@H](O)CNC(C)(C)Cc3ccc4ccccc4c3)c2)cc1C(=O)O. The summed E-state index contributed by atoms with van der Waals surface area (Å²) < 4.78 is 27.8. The summed E-state index contributed by atoms with van der Waals surface area (Å²) in [5, 5.41) is 25.9. The summed E-state index contributed by atoms with van der Waals surface area (Å²) in [5.74, 6) is -1.04. The molecule has 7 nitrogen and oxygen atoms in total. The highest BCUT2D eigenvalue weighted by Crippen LogP contribution is 2.26. The smallest absolute Gasteiger partial charge is 0.335 e. The molecule has 0 unspecified atom stereocenters. The topological polar surface area (TPSA) is 107 Å². The van der Waals surface area contributed by atoms with E-state index in [1.807, 2.05) is 12.1 Å². The molecule has 0 saturated carbocycles. The van der Waals surface area contributed by atoms with Crippen LogP contribution in [0.15, 0.2) is 89.8 Å². The molecule has 4 aromatic rings. The molecule has 0 saturated heterocycles.